The van der Waals surface area contributed by atoms with Crippen molar-refractivity contribution in [2.24, 2.45) is 5.92 Å². The summed E-state index contributed by atoms with van der Waals surface area (Å²) in [6.45, 7) is 11.5. The number of nitrogens with zero attached hydrogens (tertiary/aromatic N) is 1. The number of piperidine rings is 1. The van der Waals surface area contributed by atoms with Gasteiger partial charge in [-0.15, -0.1) is 0 Å². The van der Waals surface area contributed by atoms with E-state index in [4.69, 9.17) is 4.74 Å². The zero-order valence-electron chi connectivity index (χ0n) is 11.0. The summed E-state index contributed by atoms with van der Waals surface area (Å²) in [6, 6.07) is 0.680. The molecule has 1 heterocycles. The van der Waals surface area contributed by atoms with Crippen LogP contribution in [0.2, 0.25) is 0 Å². The van der Waals surface area contributed by atoms with Gasteiger partial charge in [0.25, 0.3) is 0 Å². The third kappa shape index (κ3) is 3.46. The minimum absolute atomic E-state index is 0.166. The highest BCUT2D eigenvalue weighted by Crippen LogP contribution is 2.32. The largest absolute Gasteiger partial charge is 0.378 e. The van der Waals surface area contributed by atoms with Crippen LogP contribution in [0, 0.1) is 5.92 Å². The highest BCUT2D eigenvalue weighted by atomic mass is 16.5. The molecule has 15 heavy (non-hydrogen) atoms. The topological polar surface area (TPSA) is 12.5 Å². The fourth-order valence-corrected chi connectivity index (χ4v) is 2.68. The summed E-state index contributed by atoms with van der Waals surface area (Å²) in [4.78, 5) is 2.55. The molecule has 0 aromatic carbocycles. The summed E-state index contributed by atoms with van der Waals surface area (Å²) in [5.41, 5.74) is 0.166. The molecule has 0 radical (unpaired) electrons. The molecule has 0 N–H and O–H groups in total. The van der Waals surface area contributed by atoms with Crippen molar-refractivity contribution < 1.29 is 4.74 Å². The van der Waals surface area contributed by atoms with Crippen LogP contribution in [0.5, 0.6) is 0 Å². The first-order chi connectivity index (χ1) is 6.99. The molecular weight excluding hydrogens is 186 g/mol. The van der Waals surface area contributed by atoms with Crippen LogP contribution in [0.3, 0.4) is 0 Å². The summed E-state index contributed by atoms with van der Waals surface area (Å²) >= 11 is 0. The summed E-state index contributed by atoms with van der Waals surface area (Å²) in [7, 11) is 1.88. The minimum Gasteiger partial charge on any atom is -0.378 e. The van der Waals surface area contributed by atoms with E-state index in [0.29, 0.717) is 6.04 Å². The van der Waals surface area contributed by atoms with Crippen molar-refractivity contribution in [3.63, 3.8) is 0 Å². The molecule has 0 spiro atoms. The van der Waals surface area contributed by atoms with Gasteiger partial charge in [-0.3, -0.25) is 0 Å². The highest BCUT2D eigenvalue weighted by molar-refractivity contribution is 4.89. The number of hydrogen-bond acceptors (Lipinski definition) is 2. The zero-order chi connectivity index (χ0) is 11.5. The van der Waals surface area contributed by atoms with Crippen molar-refractivity contribution in [1.82, 2.24) is 4.90 Å². The molecule has 1 fully saturated rings. The first-order valence-corrected chi connectivity index (χ1v) is 6.28. The Balaban J connectivity index is 2.50. The van der Waals surface area contributed by atoms with Crippen molar-refractivity contribution in [2.75, 3.05) is 20.2 Å². The van der Waals surface area contributed by atoms with Crippen molar-refractivity contribution in [1.29, 1.82) is 0 Å². The van der Waals surface area contributed by atoms with Gasteiger partial charge >= 0.3 is 0 Å². The smallest absolute Gasteiger partial charge is 0.0705 e. The molecule has 1 aliphatic heterocycles. The van der Waals surface area contributed by atoms with E-state index in [1.54, 1.807) is 0 Å². The second-order valence-corrected chi connectivity index (χ2v) is 5.61. The summed E-state index contributed by atoms with van der Waals surface area (Å²) < 4.78 is 5.79. The molecule has 90 valence electrons. The molecule has 1 saturated heterocycles. The number of likely N-dealkylation sites (tertiary alicyclic amines) is 1. The Morgan fingerprint density at radius 3 is 2.00 bits per heavy atom. The van der Waals surface area contributed by atoms with Crippen molar-refractivity contribution in [3.8, 4) is 0 Å². The Bertz CT molecular complexity index is 181. The van der Waals surface area contributed by atoms with Crippen LogP contribution in [-0.4, -0.2) is 36.7 Å². The Hall–Kier alpha value is -0.0800. The van der Waals surface area contributed by atoms with E-state index in [1.165, 1.54) is 32.4 Å². The molecule has 0 aromatic heterocycles. The van der Waals surface area contributed by atoms with E-state index in [1.807, 2.05) is 7.11 Å². The van der Waals surface area contributed by atoms with Gasteiger partial charge in [-0.2, -0.15) is 0 Å². The van der Waals surface area contributed by atoms with Crippen molar-refractivity contribution in [2.45, 2.75) is 58.6 Å². The third-order valence-corrected chi connectivity index (χ3v) is 3.65. The molecule has 0 bridgehead atoms. The van der Waals surface area contributed by atoms with Crippen molar-refractivity contribution in [3.05, 3.63) is 0 Å². The summed E-state index contributed by atoms with van der Waals surface area (Å²) in [5, 5.41) is 0. The van der Waals surface area contributed by atoms with Gasteiger partial charge in [-0.05, 0) is 39.0 Å². The second kappa shape index (κ2) is 5.31. The lowest BCUT2D eigenvalue weighted by atomic mass is 9.83. The first kappa shape index (κ1) is 13.0. The molecule has 0 unspecified atom stereocenters. The average Bonchev–Trinajstić information content (AvgIpc) is 2.17. The first-order valence-electron chi connectivity index (χ1n) is 6.28. The number of rotatable bonds is 4. The molecule has 0 saturated carbocycles. The molecule has 0 atom stereocenters. The van der Waals surface area contributed by atoms with Gasteiger partial charge in [0, 0.05) is 26.2 Å². The fraction of sp³-hybridized carbons (Fsp3) is 1.00. The standard InChI is InChI=1S/C13H27NO/c1-11(2)10-13(15-5)6-8-14(9-7-13)12(3)4/h11-12H,6-10H2,1-5H3. The third-order valence-electron chi connectivity index (χ3n) is 3.65. The maximum atomic E-state index is 5.79. The predicted octanol–water partition coefficient (Wildman–Crippen LogP) is 2.92. The number of methoxy groups -OCH3 is 1. The van der Waals surface area contributed by atoms with Gasteiger partial charge in [0.1, 0.15) is 0 Å². The SMILES string of the molecule is COC1(CC(C)C)CCN(C(C)C)CC1. The van der Waals surface area contributed by atoms with Gasteiger partial charge < -0.3 is 9.64 Å². The van der Waals surface area contributed by atoms with Crippen LogP contribution in [0.4, 0.5) is 0 Å². The Labute approximate surface area is 95.0 Å². The van der Waals surface area contributed by atoms with Gasteiger partial charge in [0.2, 0.25) is 0 Å². The van der Waals surface area contributed by atoms with E-state index in [9.17, 15) is 0 Å². The maximum absolute atomic E-state index is 5.79. The van der Waals surface area contributed by atoms with Crippen LogP contribution in [0.15, 0.2) is 0 Å². The van der Waals surface area contributed by atoms with Gasteiger partial charge in [-0.1, -0.05) is 13.8 Å². The zero-order valence-corrected chi connectivity index (χ0v) is 11.0. The Kier molecular flexibility index (Phi) is 4.60. The Morgan fingerprint density at radius 2 is 1.67 bits per heavy atom. The van der Waals surface area contributed by atoms with E-state index < -0.39 is 0 Å². The molecule has 0 aromatic rings. The Morgan fingerprint density at radius 1 is 1.13 bits per heavy atom. The van der Waals surface area contributed by atoms with E-state index in [0.717, 1.165) is 5.92 Å². The van der Waals surface area contributed by atoms with Crippen LogP contribution >= 0.6 is 0 Å². The quantitative estimate of drug-likeness (QED) is 0.712. The highest BCUT2D eigenvalue weighted by Gasteiger charge is 2.35. The maximum Gasteiger partial charge on any atom is 0.0705 e. The number of ether oxygens (including phenoxy) is 1. The van der Waals surface area contributed by atoms with Crippen molar-refractivity contribution >= 4 is 0 Å². The predicted molar refractivity (Wildman–Crippen MR) is 65.1 cm³/mol. The van der Waals surface area contributed by atoms with Crippen LogP contribution < -0.4 is 0 Å². The van der Waals surface area contributed by atoms with E-state index in [2.05, 4.69) is 32.6 Å². The van der Waals surface area contributed by atoms with E-state index in [-0.39, 0.29) is 5.60 Å². The van der Waals surface area contributed by atoms with Crippen LogP contribution in [-0.2, 0) is 4.74 Å². The molecular formula is C13H27NO. The molecule has 0 amide bonds. The lowest BCUT2D eigenvalue weighted by Crippen LogP contribution is -2.48. The normalized spacial score (nSPS) is 22.6. The van der Waals surface area contributed by atoms with Gasteiger partial charge in [-0.25, -0.2) is 0 Å². The monoisotopic (exact) mass is 213 g/mol. The van der Waals surface area contributed by atoms with E-state index >= 15 is 0 Å². The number of hydrogen-bond donors (Lipinski definition) is 0. The summed E-state index contributed by atoms with van der Waals surface area (Å²) in [6.07, 6.45) is 3.59. The molecule has 1 aliphatic rings. The lowest BCUT2D eigenvalue weighted by Gasteiger charge is -2.43. The average molecular weight is 213 g/mol. The van der Waals surface area contributed by atoms with Crippen LogP contribution in [0.1, 0.15) is 47.0 Å². The molecule has 2 nitrogen and oxygen atoms in total. The molecule has 2 heteroatoms. The van der Waals surface area contributed by atoms with Crippen LogP contribution in [0.25, 0.3) is 0 Å². The van der Waals surface area contributed by atoms with Gasteiger partial charge in [0.05, 0.1) is 5.60 Å². The fourth-order valence-electron chi connectivity index (χ4n) is 2.68. The summed E-state index contributed by atoms with van der Waals surface area (Å²) in [5.74, 6) is 0.732. The minimum atomic E-state index is 0.166. The molecule has 0 aliphatic carbocycles. The molecule has 1 rings (SSSR count). The second-order valence-electron chi connectivity index (χ2n) is 5.61. The lowest BCUT2D eigenvalue weighted by molar-refractivity contribution is -0.0739. The van der Waals surface area contributed by atoms with Gasteiger partial charge in [0.15, 0.2) is 0 Å².